The van der Waals surface area contributed by atoms with Gasteiger partial charge in [-0.2, -0.15) is 0 Å². The van der Waals surface area contributed by atoms with Gasteiger partial charge in [0.15, 0.2) is 0 Å². The van der Waals surface area contributed by atoms with Gasteiger partial charge in [0.2, 0.25) is 0 Å². The molecule has 2 rings (SSSR count). The van der Waals surface area contributed by atoms with E-state index in [2.05, 4.69) is 59.6 Å². The van der Waals surface area contributed by atoms with Gasteiger partial charge in [-0.3, -0.25) is 0 Å². The van der Waals surface area contributed by atoms with Crippen molar-refractivity contribution in [2.45, 2.75) is 25.8 Å². The summed E-state index contributed by atoms with van der Waals surface area (Å²) >= 11 is 0. The lowest BCUT2D eigenvalue weighted by molar-refractivity contribution is 0.186. The van der Waals surface area contributed by atoms with Crippen LogP contribution < -0.4 is 10.3 Å². The molecular weight excluding hydrogens is 210 g/mol. The molecule has 1 fully saturated rings. The van der Waals surface area contributed by atoms with Gasteiger partial charge in [-0.1, -0.05) is 18.2 Å². The van der Waals surface area contributed by atoms with Crippen molar-refractivity contribution in [3.8, 4) is 0 Å². The molecule has 0 radical (unpaired) electrons. The maximum atomic E-state index is 3.38. The minimum absolute atomic E-state index is 0.695. The van der Waals surface area contributed by atoms with Gasteiger partial charge in [0.05, 0.1) is 5.69 Å². The highest BCUT2D eigenvalue weighted by Crippen LogP contribution is 2.19. The molecule has 1 aromatic carbocycles. The zero-order valence-electron chi connectivity index (χ0n) is 10.9. The van der Waals surface area contributed by atoms with E-state index in [1.54, 1.807) is 0 Å². The quantitative estimate of drug-likeness (QED) is 0.859. The van der Waals surface area contributed by atoms with Crippen molar-refractivity contribution in [3.63, 3.8) is 0 Å². The van der Waals surface area contributed by atoms with Crippen LogP contribution >= 0.6 is 0 Å². The molecule has 1 aliphatic rings. The van der Waals surface area contributed by atoms with E-state index in [4.69, 9.17) is 0 Å². The molecule has 0 saturated carbocycles. The van der Waals surface area contributed by atoms with Crippen LogP contribution in [0.1, 0.15) is 19.8 Å². The Morgan fingerprint density at radius 1 is 1.24 bits per heavy atom. The standard InChI is InChI=1S/C14H23N3/c1-3-17(14-7-5-4-6-8-14)16-11-9-13(15-2)10-12-16/h4-8,13,15H,3,9-12H2,1-2H3. The van der Waals surface area contributed by atoms with Crippen LogP contribution in [0.3, 0.4) is 0 Å². The third-order valence-corrected chi connectivity index (χ3v) is 3.57. The van der Waals surface area contributed by atoms with Crippen molar-refractivity contribution in [2.75, 3.05) is 31.7 Å². The Labute approximate surface area is 104 Å². The second-order valence-electron chi connectivity index (χ2n) is 4.57. The fraction of sp³-hybridized carbons (Fsp3) is 0.571. The summed E-state index contributed by atoms with van der Waals surface area (Å²) in [7, 11) is 2.06. The largest absolute Gasteiger partial charge is 0.317 e. The Balaban J connectivity index is 2.00. The van der Waals surface area contributed by atoms with Crippen molar-refractivity contribution in [1.82, 2.24) is 10.3 Å². The molecular formula is C14H23N3. The van der Waals surface area contributed by atoms with Crippen LogP contribution in [0.2, 0.25) is 0 Å². The molecule has 0 atom stereocenters. The number of rotatable bonds is 4. The lowest BCUT2D eigenvalue weighted by atomic mass is 10.1. The zero-order chi connectivity index (χ0) is 12.1. The molecule has 0 amide bonds. The van der Waals surface area contributed by atoms with Crippen LogP contribution in [-0.2, 0) is 0 Å². The SMILES string of the molecule is CCN(c1ccccc1)N1CCC(NC)CC1. The van der Waals surface area contributed by atoms with E-state index in [1.807, 2.05) is 0 Å². The van der Waals surface area contributed by atoms with E-state index in [-0.39, 0.29) is 0 Å². The summed E-state index contributed by atoms with van der Waals surface area (Å²) in [5.74, 6) is 0. The van der Waals surface area contributed by atoms with Crippen molar-refractivity contribution in [3.05, 3.63) is 30.3 Å². The van der Waals surface area contributed by atoms with E-state index in [1.165, 1.54) is 18.5 Å². The fourth-order valence-corrected chi connectivity index (χ4v) is 2.54. The molecule has 3 nitrogen and oxygen atoms in total. The molecule has 1 saturated heterocycles. The third-order valence-electron chi connectivity index (χ3n) is 3.57. The fourth-order valence-electron chi connectivity index (χ4n) is 2.54. The predicted octanol–water partition coefficient (Wildman–Crippen LogP) is 2.11. The van der Waals surface area contributed by atoms with E-state index < -0.39 is 0 Å². The van der Waals surface area contributed by atoms with E-state index in [0.717, 1.165) is 19.6 Å². The van der Waals surface area contributed by atoms with Crippen LogP contribution in [0.4, 0.5) is 5.69 Å². The second-order valence-corrected chi connectivity index (χ2v) is 4.57. The first-order chi connectivity index (χ1) is 8.35. The first-order valence-corrected chi connectivity index (χ1v) is 6.60. The molecule has 0 aliphatic carbocycles. The van der Waals surface area contributed by atoms with Crippen molar-refractivity contribution in [1.29, 1.82) is 0 Å². The highest BCUT2D eigenvalue weighted by Gasteiger charge is 2.21. The van der Waals surface area contributed by atoms with E-state index in [9.17, 15) is 0 Å². The molecule has 3 heteroatoms. The van der Waals surface area contributed by atoms with Crippen LogP contribution in [0, 0.1) is 0 Å². The molecule has 0 aromatic heterocycles. The number of hydrogen-bond acceptors (Lipinski definition) is 3. The Morgan fingerprint density at radius 3 is 2.41 bits per heavy atom. The van der Waals surface area contributed by atoms with Crippen molar-refractivity contribution >= 4 is 5.69 Å². The Hall–Kier alpha value is -1.06. The average Bonchev–Trinajstić information content (AvgIpc) is 2.42. The van der Waals surface area contributed by atoms with E-state index >= 15 is 0 Å². The number of nitrogens with zero attached hydrogens (tertiary/aromatic N) is 2. The molecule has 94 valence electrons. The molecule has 1 aromatic rings. The van der Waals surface area contributed by atoms with Gasteiger partial charge in [-0.05, 0) is 38.9 Å². The Bertz CT molecular complexity index is 317. The summed E-state index contributed by atoms with van der Waals surface area (Å²) in [4.78, 5) is 0. The number of hydrazine groups is 1. The first kappa shape index (κ1) is 12.4. The summed E-state index contributed by atoms with van der Waals surface area (Å²) in [5.41, 5.74) is 1.30. The molecule has 17 heavy (non-hydrogen) atoms. The van der Waals surface area contributed by atoms with Gasteiger partial charge in [0, 0.05) is 25.7 Å². The number of nitrogens with one attached hydrogen (secondary N) is 1. The average molecular weight is 233 g/mol. The molecule has 1 heterocycles. The minimum Gasteiger partial charge on any atom is -0.317 e. The number of benzene rings is 1. The highest BCUT2D eigenvalue weighted by atomic mass is 15.6. The molecule has 1 N–H and O–H groups in total. The van der Waals surface area contributed by atoms with Crippen molar-refractivity contribution in [2.24, 2.45) is 0 Å². The lowest BCUT2D eigenvalue weighted by Gasteiger charge is -2.40. The number of para-hydroxylation sites is 1. The summed E-state index contributed by atoms with van der Waals surface area (Å²) in [6.45, 7) is 5.55. The van der Waals surface area contributed by atoms with Gasteiger partial charge in [-0.15, -0.1) is 0 Å². The third kappa shape index (κ3) is 2.99. The maximum absolute atomic E-state index is 3.38. The molecule has 1 aliphatic heterocycles. The lowest BCUT2D eigenvalue weighted by Crippen LogP contribution is -2.50. The van der Waals surface area contributed by atoms with Gasteiger partial charge < -0.3 is 10.3 Å². The topological polar surface area (TPSA) is 18.5 Å². The second kappa shape index (κ2) is 6.03. The van der Waals surface area contributed by atoms with E-state index in [0.29, 0.717) is 6.04 Å². The minimum atomic E-state index is 0.695. The van der Waals surface area contributed by atoms with Gasteiger partial charge >= 0.3 is 0 Å². The number of hydrogen-bond donors (Lipinski definition) is 1. The number of piperidine rings is 1. The van der Waals surface area contributed by atoms with Crippen molar-refractivity contribution < 1.29 is 0 Å². The summed E-state index contributed by atoms with van der Waals surface area (Å²) in [6, 6.07) is 11.4. The van der Waals surface area contributed by atoms with Gasteiger partial charge in [0.25, 0.3) is 0 Å². The zero-order valence-corrected chi connectivity index (χ0v) is 10.9. The first-order valence-electron chi connectivity index (χ1n) is 6.60. The van der Waals surface area contributed by atoms with Gasteiger partial charge in [0.1, 0.15) is 0 Å². The molecule has 0 bridgehead atoms. The number of anilines is 1. The normalized spacial score (nSPS) is 18.2. The summed E-state index contributed by atoms with van der Waals surface area (Å²) < 4.78 is 0. The smallest absolute Gasteiger partial charge is 0.0522 e. The molecule has 0 spiro atoms. The Morgan fingerprint density at radius 2 is 1.88 bits per heavy atom. The Kier molecular flexibility index (Phi) is 4.40. The van der Waals surface area contributed by atoms with Crippen LogP contribution in [0.5, 0.6) is 0 Å². The van der Waals surface area contributed by atoms with Crippen LogP contribution in [0.15, 0.2) is 30.3 Å². The monoisotopic (exact) mass is 233 g/mol. The highest BCUT2D eigenvalue weighted by molar-refractivity contribution is 5.44. The summed E-state index contributed by atoms with van der Waals surface area (Å²) in [6.07, 6.45) is 2.47. The summed E-state index contributed by atoms with van der Waals surface area (Å²) in [5, 5.41) is 8.25. The molecule has 0 unspecified atom stereocenters. The maximum Gasteiger partial charge on any atom is 0.0522 e. The van der Waals surface area contributed by atoms with Crippen LogP contribution in [0.25, 0.3) is 0 Å². The predicted molar refractivity (Wildman–Crippen MR) is 73.1 cm³/mol. The van der Waals surface area contributed by atoms with Crippen LogP contribution in [-0.4, -0.2) is 37.7 Å². The van der Waals surface area contributed by atoms with Gasteiger partial charge in [-0.25, -0.2) is 5.01 Å².